The molecule has 0 aliphatic heterocycles. The topological polar surface area (TPSA) is 64.7 Å². The molecule has 5 nitrogen and oxygen atoms in total. The Hall–Kier alpha value is -2.56. The summed E-state index contributed by atoms with van der Waals surface area (Å²) in [6.07, 6.45) is 4.68. The van der Waals surface area contributed by atoms with Gasteiger partial charge >= 0.3 is 0 Å². The highest BCUT2D eigenvalue weighted by Gasteiger charge is 2.24. The second-order valence-electron chi connectivity index (χ2n) is 5.26. The molecule has 3 aromatic rings. The predicted molar refractivity (Wildman–Crippen MR) is 76.5 cm³/mol. The number of aromatic nitrogens is 4. The van der Waals surface area contributed by atoms with Crippen LogP contribution < -0.4 is 0 Å². The summed E-state index contributed by atoms with van der Waals surface area (Å²) < 4.78 is 5.37. The van der Waals surface area contributed by atoms with Crippen molar-refractivity contribution in [1.29, 1.82) is 0 Å². The molecule has 0 radical (unpaired) electrons. The molecule has 0 fully saturated rings. The van der Waals surface area contributed by atoms with E-state index in [4.69, 9.17) is 4.52 Å². The van der Waals surface area contributed by atoms with Gasteiger partial charge < -0.3 is 4.52 Å². The second kappa shape index (κ2) is 5.09. The maximum atomic E-state index is 5.37. The predicted octanol–water partition coefficient (Wildman–Crippen LogP) is 2.80. The van der Waals surface area contributed by atoms with Gasteiger partial charge in [0.1, 0.15) is 5.69 Å². The Morgan fingerprint density at radius 2 is 2.10 bits per heavy atom. The first-order valence-corrected chi connectivity index (χ1v) is 7.08. The maximum Gasteiger partial charge on any atom is 0.227 e. The fraction of sp³-hybridized carbons (Fsp3) is 0.250. The van der Waals surface area contributed by atoms with E-state index in [1.54, 1.807) is 6.20 Å². The Kier molecular flexibility index (Phi) is 2.96. The van der Waals surface area contributed by atoms with Crippen molar-refractivity contribution in [3.63, 3.8) is 0 Å². The third kappa shape index (κ3) is 2.31. The van der Waals surface area contributed by atoms with Crippen LogP contribution in [0.3, 0.4) is 0 Å². The van der Waals surface area contributed by atoms with E-state index >= 15 is 0 Å². The van der Waals surface area contributed by atoms with Crippen LogP contribution in [0.4, 0.5) is 0 Å². The first-order chi connectivity index (χ1) is 10.4. The molecule has 1 atom stereocenters. The molecule has 0 unspecified atom stereocenters. The fourth-order valence-corrected chi connectivity index (χ4v) is 2.93. The highest BCUT2D eigenvalue weighted by molar-refractivity contribution is 5.46. The van der Waals surface area contributed by atoms with Crippen molar-refractivity contribution < 1.29 is 4.52 Å². The average Bonchev–Trinajstić information content (AvgIpc) is 3.17. The molecule has 0 saturated heterocycles. The zero-order chi connectivity index (χ0) is 14.1. The molecule has 1 aliphatic rings. The van der Waals surface area contributed by atoms with Gasteiger partial charge in [-0.1, -0.05) is 29.4 Å². The maximum absolute atomic E-state index is 5.37. The van der Waals surface area contributed by atoms with Crippen molar-refractivity contribution in [3.05, 3.63) is 59.6 Å². The molecule has 104 valence electrons. The van der Waals surface area contributed by atoms with Crippen molar-refractivity contribution in [3.8, 4) is 11.5 Å². The van der Waals surface area contributed by atoms with Crippen molar-refractivity contribution in [2.24, 2.45) is 0 Å². The van der Waals surface area contributed by atoms with Gasteiger partial charge in [-0.05, 0) is 42.0 Å². The van der Waals surface area contributed by atoms with Crippen LogP contribution in [0.5, 0.6) is 0 Å². The normalized spacial score (nSPS) is 16.9. The first-order valence-electron chi connectivity index (χ1n) is 7.08. The van der Waals surface area contributed by atoms with Crippen LogP contribution in [0.25, 0.3) is 11.5 Å². The van der Waals surface area contributed by atoms with Crippen molar-refractivity contribution in [1.82, 2.24) is 20.3 Å². The first kappa shape index (κ1) is 12.2. The van der Waals surface area contributed by atoms with Crippen LogP contribution in [0, 0.1) is 0 Å². The average molecular weight is 278 g/mol. The van der Waals surface area contributed by atoms with Gasteiger partial charge in [-0.3, -0.25) is 0 Å². The SMILES string of the molecule is c1cnnc(-c2noc(C[C@@H]3CCc4ccccc43)n2)c1. The van der Waals surface area contributed by atoms with E-state index in [1.165, 1.54) is 11.1 Å². The van der Waals surface area contributed by atoms with E-state index in [2.05, 4.69) is 44.6 Å². The van der Waals surface area contributed by atoms with Gasteiger partial charge in [0.05, 0.1) is 0 Å². The van der Waals surface area contributed by atoms with Gasteiger partial charge in [0.15, 0.2) is 0 Å². The molecule has 1 aromatic carbocycles. The summed E-state index contributed by atoms with van der Waals surface area (Å²) in [7, 11) is 0. The Morgan fingerprint density at radius 3 is 3.00 bits per heavy atom. The lowest BCUT2D eigenvalue weighted by Gasteiger charge is -2.07. The van der Waals surface area contributed by atoms with Crippen molar-refractivity contribution >= 4 is 0 Å². The van der Waals surface area contributed by atoms with Gasteiger partial charge in [0.25, 0.3) is 0 Å². The van der Waals surface area contributed by atoms with Crippen LogP contribution in [-0.4, -0.2) is 20.3 Å². The van der Waals surface area contributed by atoms with Gasteiger partial charge in [0, 0.05) is 12.6 Å². The van der Waals surface area contributed by atoms with E-state index in [1.807, 2.05) is 12.1 Å². The van der Waals surface area contributed by atoms with Gasteiger partial charge in [0.2, 0.25) is 11.7 Å². The van der Waals surface area contributed by atoms with Crippen LogP contribution in [0.1, 0.15) is 29.4 Å². The van der Waals surface area contributed by atoms with Crippen molar-refractivity contribution in [2.75, 3.05) is 0 Å². The molecule has 4 rings (SSSR count). The molecule has 21 heavy (non-hydrogen) atoms. The van der Waals surface area contributed by atoms with Crippen LogP contribution in [-0.2, 0) is 12.8 Å². The Bertz CT molecular complexity index is 754. The third-order valence-corrected chi connectivity index (χ3v) is 3.95. The summed E-state index contributed by atoms with van der Waals surface area (Å²) in [6, 6.07) is 12.2. The summed E-state index contributed by atoms with van der Waals surface area (Å²) in [5.41, 5.74) is 3.49. The third-order valence-electron chi connectivity index (χ3n) is 3.95. The molecular formula is C16H14N4O. The van der Waals surface area contributed by atoms with Crippen LogP contribution in [0.2, 0.25) is 0 Å². The van der Waals surface area contributed by atoms with E-state index in [-0.39, 0.29) is 0 Å². The van der Waals surface area contributed by atoms with Crippen LogP contribution >= 0.6 is 0 Å². The standard InChI is InChI=1S/C16H14N4O/c1-2-5-13-11(4-1)7-8-12(13)10-15-18-16(20-21-15)14-6-3-9-17-19-14/h1-6,9,12H,7-8,10H2/t12-/m0/s1. The quantitative estimate of drug-likeness (QED) is 0.737. The molecule has 1 aliphatic carbocycles. The Balaban J connectivity index is 1.56. The number of nitrogens with zero attached hydrogens (tertiary/aromatic N) is 4. The summed E-state index contributed by atoms with van der Waals surface area (Å²) in [5.74, 6) is 1.64. The largest absolute Gasteiger partial charge is 0.339 e. The zero-order valence-electron chi connectivity index (χ0n) is 11.4. The summed E-state index contributed by atoms with van der Waals surface area (Å²) in [6.45, 7) is 0. The summed E-state index contributed by atoms with van der Waals surface area (Å²) >= 11 is 0. The number of benzene rings is 1. The molecule has 2 aromatic heterocycles. The molecule has 0 N–H and O–H groups in total. The van der Waals surface area contributed by atoms with E-state index in [9.17, 15) is 0 Å². The highest BCUT2D eigenvalue weighted by atomic mass is 16.5. The number of rotatable bonds is 3. The minimum Gasteiger partial charge on any atom is -0.339 e. The lowest BCUT2D eigenvalue weighted by Crippen LogP contribution is -1.99. The Labute approximate surface area is 122 Å². The molecule has 0 bridgehead atoms. The second-order valence-corrected chi connectivity index (χ2v) is 5.26. The zero-order valence-corrected chi connectivity index (χ0v) is 11.4. The molecule has 0 saturated carbocycles. The minimum atomic E-state index is 0.469. The fourth-order valence-electron chi connectivity index (χ4n) is 2.93. The molecule has 0 spiro atoms. The molecule has 0 amide bonds. The van der Waals surface area contributed by atoms with Gasteiger partial charge in [-0.15, -0.1) is 5.10 Å². The Morgan fingerprint density at radius 1 is 1.14 bits per heavy atom. The molecule has 5 heteroatoms. The van der Waals surface area contributed by atoms with Gasteiger partial charge in [-0.25, -0.2) is 0 Å². The molecule has 2 heterocycles. The highest BCUT2D eigenvalue weighted by Crippen LogP contribution is 2.35. The van der Waals surface area contributed by atoms with Crippen molar-refractivity contribution in [2.45, 2.75) is 25.2 Å². The number of hydrogen-bond acceptors (Lipinski definition) is 5. The smallest absolute Gasteiger partial charge is 0.227 e. The van der Waals surface area contributed by atoms with E-state index in [0.29, 0.717) is 23.3 Å². The summed E-state index contributed by atoms with van der Waals surface area (Å²) in [5, 5.41) is 11.8. The van der Waals surface area contributed by atoms with Gasteiger partial charge in [-0.2, -0.15) is 10.1 Å². The van der Waals surface area contributed by atoms with Crippen LogP contribution in [0.15, 0.2) is 47.1 Å². The number of aryl methyl sites for hydroxylation is 1. The summed E-state index contributed by atoms with van der Waals surface area (Å²) in [4.78, 5) is 4.44. The minimum absolute atomic E-state index is 0.469. The lowest BCUT2D eigenvalue weighted by molar-refractivity contribution is 0.369. The monoisotopic (exact) mass is 278 g/mol. The number of fused-ring (bicyclic) bond motifs is 1. The lowest BCUT2D eigenvalue weighted by atomic mass is 9.98. The van der Waals surface area contributed by atoms with E-state index in [0.717, 1.165) is 19.3 Å². The molecular weight excluding hydrogens is 264 g/mol. The number of hydrogen-bond donors (Lipinski definition) is 0. The van der Waals surface area contributed by atoms with E-state index < -0.39 is 0 Å².